The van der Waals surface area contributed by atoms with Crippen LogP contribution in [0.4, 0.5) is 0 Å². The summed E-state index contributed by atoms with van der Waals surface area (Å²) >= 11 is 0. The number of hydrogen-bond acceptors (Lipinski definition) is 5. The Balaban J connectivity index is 2.37. The average molecular weight is 279 g/mol. The zero-order valence-corrected chi connectivity index (χ0v) is 11.4. The van der Waals surface area contributed by atoms with Crippen LogP contribution in [0.25, 0.3) is 0 Å². The van der Waals surface area contributed by atoms with Crippen molar-refractivity contribution >= 4 is 15.9 Å². The van der Waals surface area contributed by atoms with E-state index in [4.69, 9.17) is 10.5 Å². The molecule has 1 aliphatic heterocycles. The first-order valence-electron chi connectivity index (χ1n) is 5.98. The van der Waals surface area contributed by atoms with E-state index in [0.29, 0.717) is 32.7 Å². The third-order valence-electron chi connectivity index (χ3n) is 2.70. The van der Waals surface area contributed by atoms with Gasteiger partial charge in [0.15, 0.2) is 0 Å². The van der Waals surface area contributed by atoms with Crippen molar-refractivity contribution in [2.45, 2.75) is 19.4 Å². The molecule has 1 fully saturated rings. The second kappa shape index (κ2) is 7.03. The third kappa shape index (κ3) is 4.89. The van der Waals surface area contributed by atoms with Gasteiger partial charge in [0, 0.05) is 32.6 Å². The van der Waals surface area contributed by atoms with E-state index in [9.17, 15) is 13.2 Å². The fraction of sp³-hybridized carbons (Fsp3) is 0.900. The number of nitrogens with one attached hydrogen (secondary N) is 1. The highest BCUT2D eigenvalue weighted by atomic mass is 32.2. The summed E-state index contributed by atoms with van der Waals surface area (Å²) in [7, 11) is -3.29. The molecule has 0 aromatic rings. The number of nitrogens with zero attached hydrogens (tertiary/aromatic N) is 1. The summed E-state index contributed by atoms with van der Waals surface area (Å²) < 4.78 is 30.3. The molecule has 0 spiro atoms. The molecule has 0 aromatic heterocycles. The number of hydrogen-bond donors (Lipinski definition) is 2. The quantitative estimate of drug-likeness (QED) is 0.552. The lowest BCUT2D eigenvalue weighted by atomic mass is 10.3. The Morgan fingerprint density at radius 2 is 2.22 bits per heavy atom. The van der Waals surface area contributed by atoms with E-state index < -0.39 is 10.0 Å². The van der Waals surface area contributed by atoms with Crippen molar-refractivity contribution in [2.75, 3.05) is 38.6 Å². The number of amides is 1. The van der Waals surface area contributed by atoms with Crippen LogP contribution < -0.4 is 11.1 Å². The van der Waals surface area contributed by atoms with Crippen LogP contribution >= 0.6 is 0 Å². The highest BCUT2D eigenvalue weighted by Crippen LogP contribution is 2.14. The molecule has 0 saturated carbocycles. The van der Waals surface area contributed by atoms with E-state index >= 15 is 0 Å². The van der Waals surface area contributed by atoms with Gasteiger partial charge in [-0.05, 0) is 6.42 Å². The monoisotopic (exact) mass is 279 g/mol. The fourth-order valence-corrected chi connectivity index (χ4v) is 3.24. The van der Waals surface area contributed by atoms with Crippen LogP contribution in [0, 0.1) is 0 Å². The smallest absolute Gasteiger partial charge is 0.217 e. The normalized spacial score (nSPS) is 21.1. The molecule has 1 saturated heterocycles. The van der Waals surface area contributed by atoms with Gasteiger partial charge < -0.3 is 15.8 Å². The van der Waals surface area contributed by atoms with Crippen LogP contribution in [0.3, 0.4) is 0 Å². The highest BCUT2D eigenvalue weighted by Gasteiger charge is 2.31. The molecule has 8 heteroatoms. The zero-order valence-electron chi connectivity index (χ0n) is 10.6. The van der Waals surface area contributed by atoms with Gasteiger partial charge in [-0.15, -0.1) is 0 Å². The lowest BCUT2D eigenvalue weighted by molar-refractivity contribution is -0.119. The summed E-state index contributed by atoms with van der Waals surface area (Å²) in [5.74, 6) is -0.176. The van der Waals surface area contributed by atoms with E-state index in [0.717, 1.165) is 0 Å². The second-order valence-corrected chi connectivity index (χ2v) is 6.35. The minimum Gasteiger partial charge on any atom is -0.379 e. The first kappa shape index (κ1) is 15.4. The summed E-state index contributed by atoms with van der Waals surface area (Å²) in [6.07, 6.45) is 0.655. The van der Waals surface area contributed by atoms with E-state index in [1.807, 2.05) is 0 Å². The molecule has 106 valence electrons. The van der Waals surface area contributed by atoms with Crippen molar-refractivity contribution in [1.82, 2.24) is 9.62 Å². The van der Waals surface area contributed by atoms with Gasteiger partial charge in [0.1, 0.15) is 0 Å². The number of carbonyl (C=O) groups is 1. The molecular formula is C10H21N3O4S. The minimum absolute atomic E-state index is 0.0419. The Bertz CT molecular complexity index is 371. The van der Waals surface area contributed by atoms with Gasteiger partial charge in [-0.2, -0.15) is 4.31 Å². The molecule has 1 unspecified atom stereocenters. The molecular weight excluding hydrogens is 258 g/mol. The van der Waals surface area contributed by atoms with Crippen LogP contribution in [0.2, 0.25) is 0 Å². The standard InChI is InChI=1S/C10H21N3O4S/c1-9(14)12-10-2-4-13(8-10)18(15,16)7-6-17-5-3-11/h10H,2-8,11H2,1H3,(H,12,14). The Kier molecular flexibility index (Phi) is 6.00. The predicted molar refractivity (Wildman–Crippen MR) is 67.5 cm³/mol. The summed E-state index contributed by atoms with van der Waals surface area (Å²) in [6.45, 7) is 3.13. The summed E-state index contributed by atoms with van der Waals surface area (Å²) in [5.41, 5.74) is 5.24. The van der Waals surface area contributed by atoms with Crippen molar-refractivity contribution in [3.05, 3.63) is 0 Å². The molecule has 0 aliphatic carbocycles. The topological polar surface area (TPSA) is 102 Å². The van der Waals surface area contributed by atoms with Crippen LogP contribution in [-0.4, -0.2) is 63.3 Å². The van der Waals surface area contributed by atoms with Crippen LogP contribution in [-0.2, 0) is 19.6 Å². The Morgan fingerprint density at radius 1 is 1.50 bits per heavy atom. The number of carbonyl (C=O) groups excluding carboxylic acids is 1. The van der Waals surface area contributed by atoms with Gasteiger partial charge in [0.25, 0.3) is 0 Å². The van der Waals surface area contributed by atoms with Crippen molar-refractivity contribution in [3.8, 4) is 0 Å². The van der Waals surface area contributed by atoms with E-state index in [2.05, 4.69) is 5.32 Å². The first-order chi connectivity index (χ1) is 8.45. The van der Waals surface area contributed by atoms with Gasteiger partial charge in [-0.25, -0.2) is 8.42 Å². The molecule has 1 heterocycles. The maximum Gasteiger partial charge on any atom is 0.217 e. The number of rotatable bonds is 7. The number of nitrogens with two attached hydrogens (primary N) is 1. The summed E-state index contributed by atoms with van der Waals surface area (Å²) in [5, 5.41) is 2.73. The summed E-state index contributed by atoms with van der Waals surface area (Å²) in [6, 6.07) is -0.0813. The van der Waals surface area contributed by atoms with Crippen LogP contribution in [0.1, 0.15) is 13.3 Å². The molecule has 0 radical (unpaired) electrons. The van der Waals surface area contributed by atoms with Crippen molar-refractivity contribution in [3.63, 3.8) is 0 Å². The highest BCUT2D eigenvalue weighted by molar-refractivity contribution is 7.89. The SMILES string of the molecule is CC(=O)NC1CCN(S(=O)(=O)CCOCCN)C1. The Morgan fingerprint density at radius 3 is 2.83 bits per heavy atom. The first-order valence-corrected chi connectivity index (χ1v) is 7.59. The minimum atomic E-state index is -3.29. The number of ether oxygens (including phenoxy) is 1. The van der Waals surface area contributed by atoms with Crippen molar-refractivity contribution in [1.29, 1.82) is 0 Å². The maximum absolute atomic E-state index is 11.9. The van der Waals surface area contributed by atoms with E-state index in [1.165, 1.54) is 11.2 Å². The molecule has 1 aliphatic rings. The van der Waals surface area contributed by atoms with E-state index in [-0.39, 0.29) is 24.3 Å². The van der Waals surface area contributed by atoms with Gasteiger partial charge in [0.05, 0.1) is 19.0 Å². The number of sulfonamides is 1. The lowest BCUT2D eigenvalue weighted by Gasteiger charge is -2.16. The van der Waals surface area contributed by atoms with Gasteiger partial charge in [-0.3, -0.25) is 4.79 Å². The Labute approximate surface area is 108 Å². The van der Waals surface area contributed by atoms with Crippen molar-refractivity contribution in [2.24, 2.45) is 5.73 Å². The fourth-order valence-electron chi connectivity index (χ4n) is 1.86. The zero-order chi connectivity index (χ0) is 13.6. The lowest BCUT2D eigenvalue weighted by Crippen LogP contribution is -2.38. The third-order valence-corrected chi connectivity index (χ3v) is 4.50. The maximum atomic E-state index is 11.9. The molecule has 1 atom stereocenters. The molecule has 0 aromatic carbocycles. The molecule has 7 nitrogen and oxygen atoms in total. The molecule has 1 amide bonds. The average Bonchev–Trinajstić information content (AvgIpc) is 2.73. The molecule has 1 rings (SSSR count). The van der Waals surface area contributed by atoms with Gasteiger partial charge >= 0.3 is 0 Å². The largest absolute Gasteiger partial charge is 0.379 e. The predicted octanol–water partition coefficient (Wildman–Crippen LogP) is -1.50. The Hall–Kier alpha value is -0.700. The van der Waals surface area contributed by atoms with E-state index in [1.54, 1.807) is 0 Å². The van der Waals surface area contributed by atoms with Crippen LogP contribution in [0.15, 0.2) is 0 Å². The van der Waals surface area contributed by atoms with Crippen molar-refractivity contribution < 1.29 is 17.9 Å². The second-order valence-electron chi connectivity index (χ2n) is 4.26. The van der Waals surface area contributed by atoms with Gasteiger partial charge in [0.2, 0.25) is 15.9 Å². The molecule has 0 bridgehead atoms. The molecule has 3 N–H and O–H groups in total. The van der Waals surface area contributed by atoms with Crippen LogP contribution in [0.5, 0.6) is 0 Å². The van der Waals surface area contributed by atoms with Gasteiger partial charge in [-0.1, -0.05) is 0 Å². The molecule has 18 heavy (non-hydrogen) atoms. The summed E-state index contributed by atoms with van der Waals surface area (Å²) in [4.78, 5) is 10.9.